The molecule has 0 radical (unpaired) electrons. The lowest BCUT2D eigenvalue weighted by Gasteiger charge is -2.31. The Morgan fingerprint density at radius 1 is 0.836 bits per heavy atom. The molecular weight excluding hydrogens is 747 g/mol. The van der Waals surface area contributed by atoms with Crippen LogP contribution in [0, 0.1) is 11.8 Å². The maximum Gasteiger partial charge on any atom is 0.407 e. The van der Waals surface area contributed by atoms with E-state index < -0.39 is 77.8 Å². The Hall–Kier alpha value is -3.79. The van der Waals surface area contributed by atoms with Gasteiger partial charge in [0.25, 0.3) is 5.91 Å². The molecule has 16 heteroatoms. The summed E-state index contributed by atoms with van der Waals surface area (Å²) in [6, 6.07) is 4.12. The van der Waals surface area contributed by atoms with Crippen LogP contribution in [-0.4, -0.2) is 94.4 Å². The highest BCUT2D eigenvalue weighted by Gasteiger charge is 2.37. The van der Waals surface area contributed by atoms with Crippen LogP contribution in [0.2, 0.25) is 0 Å². The number of ether oxygens (including phenoxy) is 2. The van der Waals surface area contributed by atoms with Gasteiger partial charge in [0.2, 0.25) is 23.5 Å². The van der Waals surface area contributed by atoms with E-state index in [1.807, 2.05) is 13.8 Å². The van der Waals surface area contributed by atoms with Gasteiger partial charge < -0.3 is 36.1 Å². The zero-order valence-electron chi connectivity index (χ0n) is 32.9. The molecule has 0 bridgehead atoms. The van der Waals surface area contributed by atoms with Gasteiger partial charge in [-0.05, 0) is 63.9 Å². The fraction of sp³-hybridized carbons (Fsp3) is 0.667. The zero-order chi connectivity index (χ0) is 40.5. The molecule has 3 rings (SSSR count). The fourth-order valence-electron chi connectivity index (χ4n) is 6.24. The molecule has 1 heterocycles. The standard InChI is InChI=1S/C39H59N5O9S2/c1-7-14-27(33(46)36(49)40-22-29(45)43-32(26-17-12-9-13-18-26)37(50)53-39(4,5)6)41-34(47)28(21-30-54-19-20-55-30)42-35(48)31(25-15-10-8-11-16-25)44-38(51)52-23-24(2)3/h9,12-13,17-18,24-25,27-28,30-32H,7-8,10-11,14-16,19-23H2,1-6H3,(H,40,49)(H,41,47)(H,42,48)(H,43,45)(H,44,51). The van der Waals surface area contributed by atoms with E-state index in [0.29, 0.717) is 12.0 Å². The van der Waals surface area contributed by atoms with Crippen molar-refractivity contribution in [2.24, 2.45) is 11.8 Å². The SMILES string of the molecule is CCCC(NC(=O)C(CC1SCCS1)NC(=O)C(NC(=O)OCC(C)C)C1CCCCC1)C(=O)C(=O)NCC(=O)NC(C(=O)OC(C)(C)C)c1ccccc1. The van der Waals surface area contributed by atoms with E-state index in [-0.39, 0.29) is 35.9 Å². The molecule has 0 aromatic heterocycles. The van der Waals surface area contributed by atoms with Crippen LogP contribution >= 0.6 is 23.5 Å². The van der Waals surface area contributed by atoms with E-state index in [1.54, 1.807) is 81.6 Å². The largest absolute Gasteiger partial charge is 0.458 e. The third-order valence-electron chi connectivity index (χ3n) is 8.90. The Kier molecular flexibility index (Phi) is 18.8. The van der Waals surface area contributed by atoms with Crippen molar-refractivity contribution in [2.45, 2.75) is 127 Å². The second kappa shape index (κ2) is 22.7. The van der Waals surface area contributed by atoms with Crippen molar-refractivity contribution < 1.29 is 43.0 Å². The highest BCUT2D eigenvalue weighted by Crippen LogP contribution is 2.35. The molecule has 1 saturated carbocycles. The predicted octanol–water partition coefficient (Wildman–Crippen LogP) is 4.17. The Labute approximate surface area is 333 Å². The molecule has 4 atom stereocenters. The normalized spacial score (nSPS) is 17.2. The van der Waals surface area contributed by atoms with E-state index in [2.05, 4.69) is 26.6 Å². The highest BCUT2D eigenvalue weighted by molar-refractivity contribution is 8.20. The number of carbonyl (C=O) groups excluding carboxylic acids is 7. The summed E-state index contributed by atoms with van der Waals surface area (Å²) in [7, 11) is 0. The Morgan fingerprint density at radius 2 is 1.47 bits per heavy atom. The molecule has 2 fully saturated rings. The second-order valence-electron chi connectivity index (χ2n) is 15.3. The van der Waals surface area contributed by atoms with Crippen molar-refractivity contribution in [3.05, 3.63) is 35.9 Å². The van der Waals surface area contributed by atoms with Gasteiger partial charge in [-0.15, -0.1) is 23.5 Å². The van der Waals surface area contributed by atoms with Crippen LogP contribution in [0.25, 0.3) is 0 Å². The van der Waals surface area contributed by atoms with E-state index in [1.165, 1.54) is 0 Å². The van der Waals surface area contributed by atoms with Crippen LogP contribution in [-0.2, 0) is 38.2 Å². The summed E-state index contributed by atoms with van der Waals surface area (Å²) in [5, 5.41) is 13.2. The van der Waals surface area contributed by atoms with Crippen LogP contribution in [0.1, 0.15) is 105 Å². The molecular formula is C39H59N5O9S2. The summed E-state index contributed by atoms with van der Waals surface area (Å²) in [5.74, 6) is -2.87. The van der Waals surface area contributed by atoms with Crippen molar-refractivity contribution in [2.75, 3.05) is 24.7 Å². The van der Waals surface area contributed by atoms with Gasteiger partial charge in [0.05, 0.1) is 23.8 Å². The number of hydrogen-bond acceptors (Lipinski definition) is 11. The number of esters is 1. The molecule has 5 amide bonds. The predicted molar refractivity (Wildman–Crippen MR) is 213 cm³/mol. The summed E-state index contributed by atoms with van der Waals surface area (Å²) in [5.41, 5.74) is -0.346. The van der Waals surface area contributed by atoms with Crippen LogP contribution in [0.3, 0.4) is 0 Å². The van der Waals surface area contributed by atoms with Gasteiger partial charge in [-0.1, -0.05) is 76.8 Å². The Bertz CT molecular complexity index is 1460. The van der Waals surface area contributed by atoms with Gasteiger partial charge >= 0.3 is 12.1 Å². The number of thioether (sulfide) groups is 2. The number of benzene rings is 1. The minimum atomic E-state index is -1.24. The van der Waals surface area contributed by atoms with Gasteiger partial charge in [-0.2, -0.15) is 0 Å². The van der Waals surface area contributed by atoms with Crippen molar-refractivity contribution in [3.8, 4) is 0 Å². The average molecular weight is 806 g/mol. The Morgan fingerprint density at radius 3 is 2.07 bits per heavy atom. The number of hydrogen-bond donors (Lipinski definition) is 5. The number of nitrogens with one attached hydrogen (secondary N) is 5. The third-order valence-corrected chi connectivity index (χ3v) is 12.0. The molecule has 1 aliphatic heterocycles. The minimum Gasteiger partial charge on any atom is -0.458 e. The van der Waals surface area contributed by atoms with E-state index in [0.717, 1.165) is 43.6 Å². The maximum atomic E-state index is 13.9. The fourth-order valence-corrected chi connectivity index (χ4v) is 9.15. The first-order chi connectivity index (χ1) is 26.1. The molecule has 55 heavy (non-hydrogen) atoms. The number of rotatable bonds is 19. The van der Waals surface area contributed by atoms with Gasteiger partial charge in [-0.3, -0.25) is 24.0 Å². The van der Waals surface area contributed by atoms with Crippen LogP contribution < -0.4 is 26.6 Å². The molecule has 1 saturated heterocycles. The zero-order valence-corrected chi connectivity index (χ0v) is 34.5. The molecule has 2 aliphatic rings. The van der Waals surface area contributed by atoms with Gasteiger partial charge in [0.1, 0.15) is 17.7 Å². The molecule has 1 aromatic carbocycles. The molecule has 1 aliphatic carbocycles. The van der Waals surface area contributed by atoms with E-state index in [4.69, 9.17) is 9.47 Å². The third kappa shape index (κ3) is 16.1. The smallest absolute Gasteiger partial charge is 0.407 e. The average Bonchev–Trinajstić information content (AvgIpc) is 3.66. The van der Waals surface area contributed by atoms with Crippen LogP contribution in [0.15, 0.2) is 30.3 Å². The lowest BCUT2D eigenvalue weighted by Crippen LogP contribution is -2.58. The monoisotopic (exact) mass is 805 g/mol. The Balaban J connectivity index is 1.70. The summed E-state index contributed by atoms with van der Waals surface area (Å²) >= 11 is 3.34. The molecule has 306 valence electrons. The first kappa shape index (κ1) is 45.6. The lowest BCUT2D eigenvalue weighted by atomic mass is 9.83. The van der Waals surface area contributed by atoms with Crippen molar-refractivity contribution >= 4 is 65.0 Å². The lowest BCUT2D eigenvalue weighted by molar-refractivity contribution is -0.158. The summed E-state index contributed by atoms with van der Waals surface area (Å²) in [6.45, 7) is 10.3. The molecule has 1 aromatic rings. The minimum absolute atomic E-state index is 0.00989. The van der Waals surface area contributed by atoms with Crippen molar-refractivity contribution in [1.82, 2.24) is 26.6 Å². The number of Topliss-reactive ketones (excluding diaryl/α,β-unsaturated/α-hetero) is 1. The number of amides is 5. The summed E-state index contributed by atoms with van der Waals surface area (Å²) in [4.78, 5) is 93.0. The molecule has 5 N–H and O–H groups in total. The van der Waals surface area contributed by atoms with Crippen LogP contribution in [0.4, 0.5) is 4.79 Å². The maximum absolute atomic E-state index is 13.9. The van der Waals surface area contributed by atoms with Gasteiger partial charge in [-0.25, -0.2) is 9.59 Å². The number of carbonyl (C=O) groups is 7. The second-order valence-corrected chi connectivity index (χ2v) is 18.2. The van der Waals surface area contributed by atoms with Crippen molar-refractivity contribution in [3.63, 3.8) is 0 Å². The molecule has 4 unspecified atom stereocenters. The van der Waals surface area contributed by atoms with Gasteiger partial charge in [0, 0.05) is 11.5 Å². The summed E-state index contributed by atoms with van der Waals surface area (Å²) < 4.78 is 10.8. The van der Waals surface area contributed by atoms with E-state index in [9.17, 15) is 33.6 Å². The molecule has 0 spiro atoms. The number of ketones is 1. The quantitative estimate of drug-likeness (QED) is 0.0994. The first-order valence-corrected chi connectivity index (χ1v) is 21.3. The van der Waals surface area contributed by atoms with E-state index >= 15 is 0 Å². The topological polar surface area (TPSA) is 198 Å². The van der Waals surface area contributed by atoms with Crippen LogP contribution in [0.5, 0.6) is 0 Å². The van der Waals surface area contributed by atoms with Crippen molar-refractivity contribution in [1.29, 1.82) is 0 Å². The summed E-state index contributed by atoms with van der Waals surface area (Å²) in [6.07, 6.45) is 4.48. The highest BCUT2D eigenvalue weighted by atomic mass is 32.2. The molecule has 14 nitrogen and oxygen atoms in total. The number of alkyl carbamates (subject to hydrolysis) is 1. The van der Waals surface area contributed by atoms with Gasteiger partial charge in [0.15, 0.2) is 6.04 Å². The first-order valence-electron chi connectivity index (χ1n) is 19.2.